The van der Waals surface area contributed by atoms with E-state index in [1.54, 1.807) is 12.1 Å². The number of nitrogens with two attached hydrogens (primary N) is 1. The van der Waals surface area contributed by atoms with E-state index in [9.17, 15) is 23.4 Å². The van der Waals surface area contributed by atoms with Gasteiger partial charge in [-0.25, -0.2) is 8.42 Å². The van der Waals surface area contributed by atoms with Crippen LogP contribution < -0.4 is 11.1 Å². The molecule has 0 bridgehead atoms. The molecule has 0 spiro atoms. The van der Waals surface area contributed by atoms with E-state index in [4.69, 9.17) is 10.5 Å². The number of carbonyl (C=O) groups excluding carboxylic acids is 1. The summed E-state index contributed by atoms with van der Waals surface area (Å²) in [5, 5.41) is 23.0. The lowest BCUT2D eigenvalue weighted by atomic mass is 10.0. The Balaban J connectivity index is 1.18. The van der Waals surface area contributed by atoms with Gasteiger partial charge in [0, 0.05) is 19.8 Å². The lowest BCUT2D eigenvalue weighted by molar-refractivity contribution is 0.0997. The second kappa shape index (κ2) is 16.0. The molecule has 216 valence electrons. The van der Waals surface area contributed by atoms with Gasteiger partial charge in [0.25, 0.3) is 5.91 Å². The van der Waals surface area contributed by atoms with Gasteiger partial charge >= 0.3 is 0 Å². The van der Waals surface area contributed by atoms with Gasteiger partial charge in [-0.15, -0.1) is 0 Å². The monoisotopic (exact) mass is 560 g/mol. The molecule has 1 aliphatic rings. The first-order chi connectivity index (χ1) is 18.8. The average molecular weight is 561 g/mol. The molecule has 1 saturated carbocycles. The van der Waals surface area contributed by atoms with Gasteiger partial charge in [0.05, 0.1) is 21.8 Å². The predicted octanol–water partition coefficient (Wildman–Crippen LogP) is 4.43. The number of carbonyl (C=O) groups is 1. The van der Waals surface area contributed by atoms with Gasteiger partial charge in [0.2, 0.25) is 0 Å². The number of aliphatic hydroxyl groups is 1. The highest BCUT2D eigenvalue weighted by molar-refractivity contribution is 7.92. The summed E-state index contributed by atoms with van der Waals surface area (Å²) in [6.45, 7) is 2.59. The van der Waals surface area contributed by atoms with Crippen molar-refractivity contribution in [3.8, 4) is 5.75 Å². The van der Waals surface area contributed by atoms with Crippen LogP contribution in [0.3, 0.4) is 0 Å². The summed E-state index contributed by atoms with van der Waals surface area (Å²) in [5.74, 6) is -0.918. The van der Waals surface area contributed by atoms with Crippen LogP contribution in [-0.2, 0) is 21.0 Å². The molecule has 0 unspecified atom stereocenters. The first-order valence-corrected chi connectivity index (χ1v) is 15.8. The third-order valence-electron chi connectivity index (χ3n) is 7.37. The molecule has 1 atom stereocenters. The minimum Gasteiger partial charge on any atom is -0.507 e. The number of hydrogen-bond donors (Lipinski definition) is 4. The lowest BCUT2D eigenvalue weighted by Gasteiger charge is -2.13. The number of aromatic hydroxyl groups is 1. The number of amides is 1. The van der Waals surface area contributed by atoms with Crippen LogP contribution in [0.25, 0.3) is 0 Å². The van der Waals surface area contributed by atoms with Crippen LogP contribution >= 0.6 is 0 Å². The summed E-state index contributed by atoms with van der Waals surface area (Å²) in [6.07, 6.45) is 9.73. The number of primary amides is 1. The summed E-state index contributed by atoms with van der Waals surface area (Å²) in [7, 11) is -3.20. The van der Waals surface area contributed by atoms with Gasteiger partial charge in [-0.2, -0.15) is 0 Å². The van der Waals surface area contributed by atoms with Crippen molar-refractivity contribution in [1.82, 2.24) is 5.32 Å². The third-order valence-corrected chi connectivity index (χ3v) is 9.63. The molecule has 1 amide bonds. The SMILES string of the molecule is NC(=O)c1cc([C@@H](O)CNCCCCCCOCCCCc2cccc(S(=O)(=O)C3CCCC3)c2)ccc1O. The third kappa shape index (κ3) is 9.90. The van der Waals surface area contributed by atoms with E-state index >= 15 is 0 Å². The number of unbranched alkanes of at least 4 members (excludes halogenated alkanes) is 4. The molecule has 1 aliphatic carbocycles. The summed E-state index contributed by atoms with van der Waals surface area (Å²) in [5.41, 5.74) is 6.85. The quantitative estimate of drug-likeness (QED) is 0.198. The Labute approximate surface area is 232 Å². The second-order valence-corrected chi connectivity index (χ2v) is 12.7. The van der Waals surface area contributed by atoms with Crippen LogP contribution in [0.15, 0.2) is 47.4 Å². The smallest absolute Gasteiger partial charge is 0.252 e. The predicted molar refractivity (Wildman–Crippen MR) is 153 cm³/mol. The minimum absolute atomic E-state index is 0.00551. The average Bonchev–Trinajstić information content (AvgIpc) is 3.47. The fourth-order valence-electron chi connectivity index (χ4n) is 5.03. The van der Waals surface area contributed by atoms with Crippen LogP contribution in [0.1, 0.15) is 91.8 Å². The fraction of sp³-hybridized carbons (Fsp3) is 0.567. The molecule has 5 N–H and O–H groups in total. The molecule has 2 aromatic rings. The zero-order valence-corrected chi connectivity index (χ0v) is 23.6. The highest BCUT2D eigenvalue weighted by atomic mass is 32.2. The molecule has 2 aromatic carbocycles. The fourth-order valence-corrected chi connectivity index (χ4v) is 6.95. The van der Waals surface area contributed by atoms with Crippen molar-refractivity contribution in [3.63, 3.8) is 0 Å². The van der Waals surface area contributed by atoms with E-state index in [0.717, 1.165) is 89.3 Å². The zero-order valence-electron chi connectivity index (χ0n) is 22.8. The Kier molecular flexibility index (Phi) is 12.7. The molecule has 0 saturated heterocycles. The van der Waals surface area contributed by atoms with Gasteiger partial charge in [0.1, 0.15) is 5.75 Å². The molecule has 9 heteroatoms. The second-order valence-electron chi connectivity index (χ2n) is 10.4. The van der Waals surface area contributed by atoms with E-state index < -0.39 is 21.8 Å². The van der Waals surface area contributed by atoms with E-state index in [0.29, 0.717) is 23.6 Å². The van der Waals surface area contributed by atoms with Crippen LogP contribution in [-0.4, -0.2) is 56.1 Å². The van der Waals surface area contributed by atoms with Crippen molar-refractivity contribution in [2.24, 2.45) is 5.73 Å². The number of nitrogens with one attached hydrogen (secondary N) is 1. The van der Waals surface area contributed by atoms with Crippen molar-refractivity contribution in [3.05, 3.63) is 59.2 Å². The molecule has 39 heavy (non-hydrogen) atoms. The number of phenols is 1. The van der Waals surface area contributed by atoms with Crippen LogP contribution in [0.4, 0.5) is 0 Å². The lowest BCUT2D eigenvalue weighted by Crippen LogP contribution is -2.23. The first-order valence-electron chi connectivity index (χ1n) is 14.2. The first kappa shape index (κ1) is 31.1. The molecule has 0 radical (unpaired) electrons. The van der Waals surface area contributed by atoms with Gasteiger partial charge < -0.3 is 26.0 Å². The Hall–Kier alpha value is -2.46. The molecule has 3 rings (SSSR count). The number of ether oxygens (including phenoxy) is 1. The van der Waals surface area contributed by atoms with Gasteiger partial charge in [-0.05, 0) is 86.9 Å². The minimum atomic E-state index is -3.20. The maximum absolute atomic E-state index is 12.8. The molecule has 0 aliphatic heterocycles. The van der Waals surface area contributed by atoms with Crippen molar-refractivity contribution in [2.75, 3.05) is 26.3 Å². The summed E-state index contributed by atoms with van der Waals surface area (Å²) in [4.78, 5) is 11.8. The van der Waals surface area contributed by atoms with Crippen molar-refractivity contribution in [1.29, 1.82) is 0 Å². The number of benzene rings is 2. The van der Waals surface area contributed by atoms with E-state index in [2.05, 4.69) is 5.32 Å². The molecular formula is C30H44N2O6S. The van der Waals surface area contributed by atoms with Gasteiger partial charge in [-0.1, -0.05) is 43.9 Å². The largest absolute Gasteiger partial charge is 0.507 e. The Morgan fingerprint density at radius 3 is 2.46 bits per heavy atom. The Bertz CT molecular complexity index is 1150. The number of hydrogen-bond acceptors (Lipinski definition) is 7. The Morgan fingerprint density at radius 2 is 1.72 bits per heavy atom. The number of aryl methyl sites for hydroxylation is 1. The highest BCUT2D eigenvalue weighted by Gasteiger charge is 2.30. The standard InChI is InChI=1S/C30H44N2O6S/c31-30(35)27-21-24(15-16-28(27)33)29(34)22-32-17-6-1-2-7-18-38-19-8-5-10-23-11-9-14-26(20-23)39(36,37)25-12-3-4-13-25/h9,11,14-16,20-21,25,29,32-34H,1-8,10,12-13,17-19,22H2,(H2,31,35)/t29-/m0/s1. The normalized spacial score (nSPS) is 15.0. The van der Waals surface area contributed by atoms with Gasteiger partial charge in [0.15, 0.2) is 9.84 Å². The molecule has 8 nitrogen and oxygen atoms in total. The molecule has 0 heterocycles. The number of rotatable bonds is 18. The van der Waals surface area contributed by atoms with E-state index in [-0.39, 0.29) is 16.6 Å². The van der Waals surface area contributed by atoms with E-state index in [1.165, 1.54) is 12.1 Å². The van der Waals surface area contributed by atoms with Crippen LogP contribution in [0.2, 0.25) is 0 Å². The maximum Gasteiger partial charge on any atom is 0.252 e. The topological polar surface area (TPSA) is 139 Å². The summed E-state index contributed by atoms with van der Waals surface area (Å²) < 4.78 is 31.4. The van der Waals surface area contributed by atoms with Crippen molar-refractivity contribution < 1.29 is 28.2 Å². The highest BCUT2D eigenvalue weighted by Crippen LogP contribution is 2.30. The molecule has 1 fully saturated rings. The van der Waals surface area contributed by atoms with E-state index in [1.807, 2.05) is 18.2 Å². The van der Waals surface area contributed by atoms with Crippen LogP contribution in [0, 0.1) is 0 Å². The zero-order chi connectivity index (χ0) is 28.1. The van der Waals surface area contributed by atoms with Crippen LogP contribution in [0.5, 0.6) is 5.75 Å². The molecule has 0 aromatic heterocycles. The number of sulfone groups is 1. The maximum atomic E-state index is 12.8. The number of aliphatic hydroxyl groups excluding tert-OH is 1. The van der Waals surface area contributed by atoms with Crippen molar-refractivity contribution in [2.45, 2.75) is 86.9 Å². The van der Waals surface area contributed by atoms with Crippen molar-refractivity contribution >= 4 is 15.7 Å². The summed E-state index contributed by atoms with van der Waals surface area (Å²) in [6, 6.07) is 11.8. The Morgan fingerprint density at radius 1 is 1.00 bits per heavy atom. The molecular weight excluding hydrogens is 516 g/mol. The van der Waals surface area contributed by atoms with Gasteiger partial charge in [-0.3, -0.25) is 4.79 Å². The summed E-state index contributed by atoms with van der Waals surface area (Å²) >= 11 is 0.